The molecule has 0 saturated carbocycles. The highest BCUT2D eigenvalue weighted by Crippen LogP contribution is 2.28. The molecule has 3 aromatic rings. The largest absolute Gasteiger partial charge is 0.446 e. The molecule has 10 heteroatoms. The molecule has 0 aliphatic carbocycles. The number of likely N-dealkylation sites (N-methyl/N-ethyl adjacent to an activating group) is 1. The number of hydrogen-bond acceptors (Lipinski definition) is 7. The van der Waals surface area contributed by atoms with Crippen molar-refractivity contribution in [3.63, 3.8) is 0 Å². The van der Waals surface area contributed by atoms with Crippen LogP contribution in [0.4, 0.5) is 10.5 Å². The first kappa shape index (κ1) is 35.6. The molecule has 50 heavy (non-hydrogen) atoms. The number of piperidine rings is 3. The third kappa shape index (κ3) is 9.50. The molecule has 0 atom stereocenters. The van der Waals surface area contributed by atoms with Crippen LogP contribution in [0.5, 0.6) is 0 Å². The van der Waals surface area contributed by atoms with Crippen LogP contribution in [0, 0.1) is 5.92 Å². The zero-order valence-electron chi connectivity index (χ0n) is 29.2. The van der Waals surface area contributed by atoms with E-state index in [0.29, 0.717) is 38.0 Å². The van der Waals surface area contributed by atoms with Crippen LogP contribution in [-0.2, 0) is 16.1 Å². The van der Waals surface area contributed by atoms with E-state index in [1.54, 1.807) is 4.90 Å². The van der Waals surface area contributed by atoms with Crippen LogP contribution in [0.2, 0.25) is 0 Å². The molecule has 0 unspecified atom stereocenters. The summed E-state index contributed by atoms with van der Waals surface area (Å²) < 4.78 is 5.79. The molecule has 2 N–H and O–H groups in total. The van der Waals surface area contributed by atoms with E-state index in [1.165, 1.54) is 0 Å². The molecule has 3 aliphatic rings. The fraction of sp³-hybridized carbons (Fsp3) is 0.475. The number of anilines is 1. The maximum atomic E-state index is 13.2. The van der Waals surface area contributed by atoms with E-state index >= 15 is 0 Å². The van der Waals surface area contributed by atoms with Crippen LogP contribution >= 0.6 is 0 Å². The van der Waals surface area contributed by atoms with Crippen molar-refractivity contribution in [1.82, 2.24) is 19.6 Å². The minimum absolute atomic E-state index is 0.00628. The first-order valence-electron chi connectivity index (χ1n) is 18.2. The standard InChI is InChI=1S/C40H51N5O5/c1-42(27-28-43-23-19-35(20-24-43)50-40(49)41-37-10-6-5-9-36(37)31-7-3-2-4-8-31)38(47)32-13-11-30(12-14-32)29-44-21-15-33(16-22-44)39(48)45-25-17-34(46)18-26-45/h2-14,33-35,46H,15-29H2,1H3,(H,41,49). The Balaban J connectivity index is 0.879. The van der Waals surface area contributed by atoms with E-state index in [2.05, 4.69) is 15.1 Å². The Morgan fingerprint density at radius 3 is 2.12 bits per heavy atom. The number of nitrogens with zero attached hydrogens (tertiary/aromatic N) is 4. The third-order valence-electron chi connectivity index (χ3n) is 10.5. The summed E-state index contributed by atoms with van der Waals surface area (Å²) in [5, 5.41) is 12.7. The Kier molecular flexibility index (Phi) is 12.2. The fourth-order valence-electron chi connectivity index (χ4n) is 7.31. The number of likely N-dealkylation sites (tertiary alicyclic amines) is 3. The van der Waals surface area contributed by atoms with Crippen LogP contribution in [0.3, 0.4) is 0 Å². The number of benzene rings is 3. The van der Waals surface area contributed by atoms with Gasteiger partial charge in [-0.15, -0.1) is 0 Å². The Morgan fingerprint density at radius 2 is 1.42 bits per heavy atom. The Morgan fingerprint density at radius 1 is 0.780 bits per heavy atom. The second-order valence-corrected chi connectivity index (χ2v) is 14.0. The normalized spacial score (nSPS) is 18.5. The second-order valence-electron chi connectivity index (χ2n) is 14.0. The highest BCUT2D eigenvalue weighted by Gasteiger charge is 2.30. The van der Waals surface area contributed by atoms with Crippen molar-refractivity contribution in [1.29, 1.82) is 0 Å². The minimum atomic E-state index is -0.435. The smallest absolute Gasteiger partial charge is 0.411 e. The highest BCUT2D eigenvalue weighted by molar-refractivity contribution is 5.94. The van der Waals surface area contributed by atoms with Crippen molar-refractivity contribution >= 4 is 23.6 Å². The minimum Gasteiger partial charge on any atom is -0.446 e. The van der Waals surface area contributed by atoms with Gasteiger partial charge in [0.25, 0.3) is 5.91 Å². The van der Waals surface area contributed by atoms with Gasteiger partial charge in [-0.3, -0.25) is 19.8 Å². The first-order chi connectivity index (χ1) is 24.3. The van der Waals surface area contributed by atoms with Gasteiger partial charge < -0.3 is 24.5 Å². The molecule has 0 aromatic heterocycles. The quantitative estimate of drug-likeness (QED) is 0.298. The molecule has 6 rings (SSSR count). The van der Waals surface area contributed by atoms with Gasteiger partial charge in [-0.05, 0) is 80.9 Å². The summed E-state index contributed by atoms with van der Waals surface area (Å²) in [4.78, 5) is 47.3. The Labute approximate surface area is 296 Å². The molecule has 3 saturated heterocycles. The van der Waals surface area contributed by atoms with Gasteiger partial charge >= 0.3 is 6.09 Å². The van der Waals surface area contributed by atoms with Crippen molar-refractivity contribution in [2.45, 2.75) is 57.3 Å². The lowest BCUT2D eigenvalue weighted by Crippen LogP contribution is -2.46. The summed E-state index contributed by atoms with van der Waals surface area (Å²) in [7, 11) is 1.85. The molecule has 266 valence electrons. The van der Waals surface area contributed by atoms with Crippen molar-refractivity contribution < 1.29 is 24.2 Å². The van der Waals surface area contributed by atoms with Crippen molar-refractivity contribution in [2.75, 3.05) is 64.7 Å². The predicted octanol–water partition coefficient (Wildman–Crippen LogP) is 5.33. The van der Waals surface area contributed by atoms with Crippen molar-refractivity contribution in [3.05, 3.63) is 90.0 Å². The zero-order valence-corrected chi connectivity index (χ0v) is 29.2. The average Bonchev–Trinajstić information content (AvgIpc) is 3.15. The molecule has 0 spiro atoms. The number of hydrogen-bond donors (Lipinski definition) is 2. The van der Waals surface area contributed by atoms with Gasteiger partial charge in [-0.1, -0.05) is 60.7 Å². The number of carbonyl (C=O) groups excluding carboxylic acids is 3. The maximum absolute atomic E-state index is 13.2. The number of aliphatic hydroxyl groups excluding tert-OH is 1. The Hall–Kier alpha value is -4.25. The van der Waals surface area contributed by atoms with Gasteiger partial charge in [0.1, 0.15) is 6.10 Å². The van der Waals surface area contributed by atoms with Gasteiger partial charge in [-0.25, -0.2) is 4.79 Å². The van der Waals surface area contributed by atoms with E-state index < -0.39 is 6.09 Å². The van der Waals surface area contributed by atoms with E-state index in [9.17, 15) is 19.5 Å². The number of rotatable bonds is 10. The molecular weight excluding hydrogens is 630 g/mol. The van der Waals surface area contributed by atoms with Crippen LogP contribution in [0.1, 0.15) is 54.4 Å². The molecule has 3 heterocycles. The number of amides is 3. The molecule has 3 amide bonds. The molecule has 3 aromatic carbocycles. The summed E-state index contributed by atoms with van der Waals surface area (Å²) in [6.45, 7) is 6.92. The number of aliphatic hydroxyl groups is 1. The summed E-state index contributed by atoms with van der Waals surface area (Å²) in [5.41, 5.74) is 4.56. The van der Waals surface area contributed by atoms with Gasteiger partial charge in [0, 0.05) is 69.9 Å². The van der Waals surface area contributed by atoms with Gasteiger partial charge in [0.05, 0.1) is 11.8 Å². The molecule has 3 fully saturated rings. The maximum Gasteiger partial charge on any atom is 0.411 e. The molecule has 0 radical (unpaired) electrons. The fourth-order valence-corrected chi connectivity index (χ4v) is 7.31. The van der Waals surface area contributed by atoms with E-state index in [1.807, 2.05) is 90.8 Å². The molecule has 0 bridgehead atoms. The molecular formula is C40H51N5O5. The summed E-state index contributed by atoms with van der Waals surface area (Å²) >= 11 is 0. The lowest BCUT2D eigenvalue weighted by molar-refractivity contribution is -0.139. The van der Waals surface area contributed by atoms with Crippen LogP contribution in [0.15, 0.2) is 78.9 Å². The SMILES string of the molecule is CN(CCN1CCC(OC(=O)Nc2ccccc2-c2ccccc2)CC1)C(=O)c1ccc(CN2CCC(C(=O)N3CCC(O)CC3)CC2)cc1. The zero-order chi connectivity index (χ0) is 34.9. The van der Waals surface area contributed by atoms with Gasteiger partial charge in [0.15, 0.2) is 0 Å². The average molecular weight is 682 g/mol. The van der Waals surface area contributed by atoms with Crippen LogP contribution in [-0.4, -0.2) is 114 Å². The highest BCUT2D eigenvalue weighted by atomic mass is 16.6. The Bertz CT molecular complexity index is 1560. The molecule has 10 nitrogen and oxygen atoms in total. The summed E-state index contributed by atoms with van der Waals surface area (Å²) in [6.07, 6.45) is 3.76. The molecule has 3 aliphatic heterocycles. The number of ether oxygens (including phenoxy) is 1. The monoisotopic (exact) mass is 681 g/mol. The number of carbonyl (C=O) groups is 3. The third-order valence-corrected chi connectivity index (χ3v) is 10.5. The van der Waals surface area contributed by atoms with Crippen LogP contribution in [0.25, 0.3) is 11.1 Å². The van der Waals surface area contributed by atoms with E-state index in [-0.39, 0.29) is 29.9 Å². The van der Waals surface area contributed by atoms with E-state index in [0.717, 1.165) is 87.3 Å². The second kappa shape index (κ2) is 17.1. The van der Waals surface area contributed by atoms with E-state index in [4.69, 9.17) is 4.74 Å². The van der Waals surface area contributed by atoms with Crippen molar-refractivity contribution in [3.8, 4) is 11.1 Å². The number of nitrogens with one attached hydrogen (secondary N) is 1. The lowest BCUT2D eigenvalue weighted by atomic mass is 9.93. The summed E-state index contributed by atoms with van der Waals surface area (Å²) in [5.74, 6) is 0.340. The predicted molar refractivity (Wildman–Crippen MR) is 195 cm³/mol. The topological polar surface area (TPSA) is 106 Å². The van der Waals surface area contributed by atoms with Crippen molar-refractivity contribution in [2.24, 2.45) is 5.92 Å². The van der Waals surface area contributed by atoms with Gasteiger partial charge in [0.2, 0.25) is 5.91 Å². The number of para-hydroxylation sites is 1. The lowest BCUT2D eigenvalue weighted by Gasteiger charge is -2.36. The first-order valence-corrected chi connectivity index (χ1v) is 18.2. The summed E-state index contributed by atoms with van der Waals surface area (Å²) in [6, 6.07) is 25.6. The van der Waals surface area contributed by atoms with Gasteiger partial charge in [-0.2, -0.15) is 0 Å². The van der Waals surface area contributed by atoms with Crippen LogP contribution < -0.4 is 5.32 Å².